The van der Waals surface area contributed by atoms with Crippen LogP contribution in [0, 0.1) is 13.8 Å². The number of amides is 2. The van der Waals surface area contributed by atoms with E-state index in [0.717, 1.165) is 28.3 Å². The number of aromatic nitrogens is 7. The van der Waals surface area contributed by atoms with Crippen LogP contribution in [0.15, 0.2) is 82.3 Å². The number of piperazine rings is 1. The van der Waals surface area contributed by atoms with Crippen LogP contribution in [-0.4, -0.2) is 77.0 Å². The normalized spacial score (nSPS) is 13.3. The molecule has 4 aromatic heterocycles. The summed E-state index contributed by atoms with van der Waals surface area (Å²) in [5, 5.41) is 6.92. The molecule has 0 spiro atoms. The van der Waals surface area contributed by atoms with Gasteiger partial charge in [-0.05, 0) is 49.2 Å². The second-order valence-electron chi connectivity index (χ2n) is 14.0. The van der Waals surface area contributed by atoms with Crippen molar-refractivity contribution in [1.82, 2.24) is 39.0 Å². The molecule has 0 radical (unpaired) electrons. The third-order valence-corrected chi connectivity index (χ3v) is 10.4. The maximum Gasteiger partial charge on any atom is 0.416 e. The average Bonchev–Trinajstić information content (AvgIpc) is 3.86. The van der Waals surface area contributed by atoms with Crippen molar-refractivity contribution in [3.8, 4) is 17.1 Å². The second-order valence-corrected chi connectivity index (χ2v) is 14.4. The van der Waals surface area contributed by atoms with Gasteiger partial charge in [-0.3, -0.25) is 14.4 Å². The third-order valence-electron chi connectivity index (χ3n) is 10.1. The number of hydrogen-bond donors (Lipinski definition) is 1. The molecule has 308 valence electrons. The summed E-state index contributed by atoms with van der Waals surface area (Å²) in [7, 11) is 0. The number of carbonyl (C=O) groups is 2. The van der Waals surface area contributed by atoms with Crippen LogP contribution in [0.1, 0.15) is 45.8 Å². The molecule has 1 N–H and O–H groups in total. The van der Waals surface area contributed by atoms with Gasteiger partial charge in [0.15, 0.2) is 28.7 Å². The molecule has 1 fully saturated rings. The number of nitrogens with one attached hydrogen (secondary N) is 1. The lowest BCUT2D eigenvalue weighted by Crippen LogP contribution is -2.51. The van der Waals surface area contributed by atoms with Crippen molar-refractivity contribution in [2.45, 2.75) is 46.5 Å². The fraction of sp³-hybridized carbons (Fsp3) is 0.268. The molecule has 60 heavy (non-hydrogen) atoms. The van der Waals surface area contributed by atoms with Gasteiger partial charge in [-0.2, -0.15) is 22.7 Å². The van der Waals surface area contributed by atoms with E-state index >= 15 is 0 Å². The number of fused-ring (bicyclic) bond motifs is 2. The van der Waals surface area contributed by atoms with E-state index in [4.69, 9.17) is 25.7 Å². The molecule has 2 amide bonds. The van der Waals surface area contributed by atoms with E-state index in [0.29, 0.717) is 33.9 Å². The standard InChI is InChI=1S/C41H36ClF3N10O5/c1-4-30-35(52-15-17-53(18-16-52)38(57)34-36(23(2)46-22-47-34)59-21-25-9-6-5-7-10-25)39(58)55-40(50-37(51-55)27-11-8-12-31-33(27)48-24(3)60-31)54(30)20-32(56)49-29-14-13-26(19-28(29)42)41(43,44)45/h5-14,19,22H,4,15-18,20-21H2,1-3H3,(H,49,56). The van der Waals surface area contributed by atoms with Gasteiger partial charge in [0.1, 0.15) is 30.7 Å². The first kappa shape index (κ1) is 40.0. The van der Waals surface area contributed by atoms with Gasteiger partial charge in [0.25, 0.3) is 11.5 Å². The number of aryl methyl sites for hydroxylation is 2. The predicted molar refractivity (Wildman–Crippen MR) is 215 cm³/mol. The quantitative estimate of drug-likeness (QED) is 0.159. The number of anilines is 2. The highest BCUT2D eigenvalue weighted by Crippen LogP contribution is 2.34. The molecule has 1 aliphatic heterocycles. The molecule has 1 aliphatic rings. The summed E-state index contributed by atoms with van der Waals surface area (Å²) in [5.74, 6) is -0.127. The zero-order valence-corrected chi connectivity index (χ0v) is 33.2. The van der Waals surface area contributed by atoms with Crippen molar-refractivity contribution < 1.29 is 31.9 Å². The van der Waals surface area contributed by atoms with Crippen molar-refractivity contribution >= 4 is 51.7 Å². The number of ether oxygens (including phenoxy) is 1. The molecule has 1 saturated heterocycles. The molecule has 0 aliphatic carbocycles. The van der Waals surface area contributed by atoms with E-state index in [1.807, 2.05) is 42.2 Å². The maximum atomic E-state index is 14.6. The van der Waals surface area contributed by atoms with Gasteiger partial charge in [0, 0.05) is 33.1 Å². The van der Waals surface area contributed by atoms with Gasteiger partial charge < -0.3 is 28.8 Å². The minimum absolute atomic E-state index is 0.0338. The molecule has 0 unspecified atom stereocenters. The molecule has 5 heterocycles. The summed E-state index contributed by atoms with van der Waals surface area (Å²) >= 11 is 6.18. The molecule has 0 bridgehead atoms. The first-order valence-corrected chi connectivity index (χ1v) is 19.3. The summed E-state index contributed by atoms with van der Waals surface area (Å²) < 4.78 is 54.5. The van der Waals surface area contributed by atoms with Crippen molar-refractivity contribution in [2.75, 3.05) is 36.4 Å². The number of carbonyl (C=O) groups excluding carboxylic acids is 2. The lowest BCUT2D eigenvalue weighted by molar-refractivity contribution is -0.137. The zero-order valence-electron chi connectivity index (χ0n) is 32.5. The largest absolute Gasteiger partial charge is 0.485 e. The molecule has 7 aromatic rings. The van der Waals surface area contributed by atoms with Crippen LogP contribution in [0.3, 0.4) is 0 Å². The monoisotopic (exact) mass is 840 g/mol. The van der Waals surface area contributed by atoms with Crippen LogP contribution < -0.4 is 20.5 Å². The molecule has 19 heteroatoms. The van der Waals surface area contributed by atoms with Crippen LogP contribution in [-0.2, 0) is 30.5 Å². The Bertz CT molecular complexity index is 2830. The molecule has 0 saturated carbocycles. The Balaban J connectivity index is 1.13. The van der Waals surface area contributed by atoms with E-state index in [-0.39, 0.29) is 84.6 Å². The number of para-hydroxylation sites is 1. The van der Waals surface area contributed by atoms with Crippen molar-refractivity contribution in [3.05, 3.63) is 123 Å². The van der Waals surface area contributed by atoms with Crippen LogP contribution in [0.2, 0.25) is 5.02 Å². The van der Waals surface area contributed by atoms with Gasteiger partial charge in [-0.15, -0.1) is 5.10 Å². The number of alkyl halides is 3. The van der Waals surface area contributed by atoms with Gasteiger partial charge in [0.2, 0.25) is 11.7 Å². The minimum atomic E-state index is -4.63. The number of benzene rings is 3. The van der Waals surface area contributed by atoms with Gasteiger partial charge >= 0.3 is 6.18 Å². The maximum absolute atomic E-state index is 14.6. The lowest BCUT2D eigenvalue weighted by Gasteiger charge is -2.36. The molecular weight excluding hydrogens is 805 g/mol. The Morgan fingerprint density at radius 1 is 0.967 bits per heavy atom. The fourth-order valence-electron chi connectivity index (χ4n) is 7.21. The summed E-state index contributed by atoms with van der Waals surface area (Å²) in [6, 6.07) is 17.4. The average molecular weight is 841 g/mol. The molecule has 8 rings (SSSR count). The van der Waals surface area contributed by atoms with E-state index in [1.165, 1.54) is 6.33 Å². The van der Waals surface area contributed by atoms with Gasteiger partial charge in [-0.1, -0.05) is 54.9 Å². The number of halogens is 4. The third kappa shape index (κ3) is 7.72. The predicted octanol–water partition coefficient (Wildman–Crippen LogP) is 6.52. The molecule has 3 aromatic carbocycles. The van der Waals surface area contributed by atoms with Gasteiger partial charge in [-0.25, -0.2) is 15.0 Å². The van der Waals surface area contributed by atoms with Crippen LogP contribution >= 0.6 is 11.6 Å². The Hall–Kier alpha value is -6.82. The smallest absolute Gasteiger partial charge is 0.416 e. The first-order valence-electron chi connectivity index (χ1n) is 18.9. The Morgan fingerprint density at radius 3 is 2.45 bits per heavy atom. The second kappa shape index (κ2) is 16.1. The number of oxazole rings is 1. The SMILES string of the molecule is CCc1c(N2CCN(C(=O)c3ncnc(C)c3OCc3ccccc3)CC2)c(=O)n2nc(-c3cccc4oc(C)nc34)nc2n1CC(=O)Nc1ccc(C(F)(F)F)cc1Cl. The summed E-state index contributed by atoms with van der Waals surface area (Å²) in [6.45, 7) is 5.95. The number of nitrogens with zero attached hydrogens (tertiary/aromatic N) is 9. The van der Waals surface area contributed by atoms with Crippen molar-refractivity contribution in [2.24, 2.45) is 0 Å². The zero-order chi connectivity index (χ0) is 42.3. The Morgan fingerprint density at radius 2 is 1.73 bits per heavy atom. The minimum Gasteiger partial charge on any atom is -0.485 e. The number of hydrogen-bond acceptors (Lipinski definition) is 11. The Labute approximate surface area is 344 Å². The van der Waals surface area contributed by atoms with E-state index in [9.17, 15) is 27.6 Å². The fourth-order valence-corrected chi connectivity index (χ4v) is 7.44. The molecule has 0 atom stereocenters. The summed E-state index contributed by atoms with van der Waals surface area (Å²) in [6.07, 6.45) is -3.05. The first-order chi connectivity index (χ1) is 28.8. The van der Waals surface area contributed by atoms with E-state index in [1.54, 1.807) is 41.5 Å². The van der Waals surface area contributed by atoms with Crippen LogP contribution in [0.5, 0.6) is 5.75 Å². The van der Waals surface area contributed by atoms with Crippen LogP contribution in [0.4, 0.5) is 24.5 Å². The number of rotatable bonds is 10. The molecular formula is C41H36ClF3N10O5. The topological polar surface area (TPSA) is 166 Å². The Kier molecular flexibility index (Phi) is 10.7. The van der Waals surface area contributed by atoms with Crippen molar-refractivity contribution in [3.63, 3.8) is 0 Å². The van der Waals surface area contributed by atoms with Gasteiger partial charge in [0.05, 0.1) is 33.2 Å². The highest BCUT2D eigenvalue weighted by atomic mass is 35.5. The molecule has 15 nitrogen and oxygen atoms in total. The van der Waals surface area contributed by atoms with Crippen molar-refractivity contribution in [1.29, 1.82) is 0 Å². The lowest BCUT2D eigenvalue weighted by atomic mass is 10.2. The summed E-state index contributed by atoms with van der Waals surface area (Å²) in [4.78, 5) is 63.5. The highest BCUT2D eigenvalue weighted by molar-refractivity contribution is 6.33. The summed E-state index contributed by atoms with van der Waals surface area (Å²) in [5.41, 5.74) is 2.17. The van der Waals surface area contributed by atoms with E-state index < -0.39 is 29.8 Å². The van der Waals surface area contributed by atoms with E-state index in [2.05, 4.69) is 25.4 Å². The van der Waals surface area contributed by atoms with Crippen LogP contribution in [0.25, 0.3) is 28.3 Å². The highest BCUT2D eigenvalue weighted by Gasteiger charge is 2.33.